The first-order valence-electron chi connectivity index (χ1n) is 5.09. The lowest BCUT2D eigenvalue weighted by molar-refractivity contribution is 0.162. The van der Waals surface area contributed by atoms with Crippen molar-refractivity contribution in [3.63, 3.8) is 0 Å². The maximum absolute atomic E-state index is 9.23. The molecule has 86 valence electrons. The Kier molecular flexibility index (Phi) is 9.43. The standard InChI is InChI=1S/C8H10OS.C4H10O/c1-10-6-7-4-2-3-5-8(7)9;1-3-5-4-2/h2-5,9H,6H2,1H3;3-4H2,1-2H3. The quantitative estimate of drug-likeness (QED) is 0.857. The van der Waals surface area contributed by atoms with E-state index in [1.54, 1.807) is 17.8 Å². The van der Waals surface area contributed by atoms with E-state index in [9.17, 15) is 5.11 Å². The van der Waals surface area contributed by atoms with Crippen molar-refractivity contribution in [2.24, 2.45) is 0 Å². The maximum atomic E-state index is 9.23. The van der Waals surface area contributed by atoms with E-state index in [0.717, 1.165) is 24.5 Å². The summed E-state index contributed by atoms with van der Waals surface area (Å²) in [6.45, 7) is 5.67. The number of thioether (sulfide) groups is 1. The van der Waals surface area contributed by atoms with Crippen molar-refractivity contribution in [3.8, 4) is 5.75 Å². The van der Waals surface area contributed by atoms with Crippen LogP contribution in [0.4, 0.5) is 0 Å². The zero-order valence-electron chi connectivity index (χ0n) is 9.69. The minimum Gasteiger partial charge on any atom is -0.508 e. The molecule has 15 heavy (non-hydrogen) atoms. The molecule has 0 atom stereocenters. The predicted octanol–water partition coefficient (Wildman–Crippen LogP) is 3.30. The Labute approximate surface area is 96.7 Å². The molecule has 0 bridgehead atoms. The summed E-state index contributed by atoms with van der Waals surface area (Å²) in [6.07, 6.45) is 2.02. The van der Waals surface area contributed by atoms with Crippen molar-refractivity contribution in [2.45, 2.75) is 19.6 Å². The van der Waals surface area contributed by atoms with Crippen LogP contribution in [0.25, 0.3) is 0 Å². The molecule has 0 aliphatic heterocycles. The van der Waals surface area contributed by atoms with Gasteiger partial charge in [-0.25, -0.2) is 0 Å². The Morgan fingerprint density at radius 2 is 1.80 bits per heavy atom. The second kappa shape index (κ2) is 9.87. The van der Waals surface area contributed by atoms with E-state index in [1.807, 2.05) is 38.3 Å². The average Bonchev–Trinajstić information content (AvgIpc) is 2.24. The van der Waals surface area contributed by atoms with Crippen LogP contribution in [0.2, 0.25) is 0 Å². The lowest BCUT2D eigenvalue weighted by Gasteiger charge is -1.99. The van der Waals surface area contributed by atoms with Crippen LogP contribution in [0.15, 0.2) is 24.3 Å². The molecule has 0 aromatic heterocycles. The van der Waals surface area contributed by atoms with Crippen molar-refractivity contribution in [2.75, 3.05) is 19.5 Å². The van der Waals surface area contributed by atoms with Gasteiger partial charge >= 0.3 is 0 Å². The van der Waals surface area contributed by atoms with E-state index >= 15 is 0 Å². The van der Waals surface area contributed by atoms with Gasteiger partial charge in [-0.1, -0.05) is 18.2 Å². The van der Waals surface area contributed by atoms with Gasteiger partial charge in [-0.15, -0.1) is 0 Å². The molecule has 0 unspecified atom stereocenters. The molecule has 0 spiro atoms. The Balaban J connectivity index is 0.000000336. The number of phenols is 1. The van der Waals surface area contributed by atoms with Gasteiger partial charge < -0.3 is 9.84 Å². The van der Waals surface area contributed by atoms with Gasteiger partial charge in [0.2, 0.25) is 0 Å². The van der Waals surface area contributed by atoms with Gasteiger partial charge in [0, 0.05) is 24.5 Å². The lowest BCUT2D eigenvalue weighted by atomic mass is 10.2. The van der Waals surface area contributed by atoms with Gasteiger partial charge in [-0.05, 0) is 26.2 Å². The molecule has 0 amide bonds. The monoisotopic (exact) mass is 228 g/mol. The molecule has 0 saturated carbocycles. The molecule has 0 saturated heterocycles. The van der Waals surface area contributed by atoms with E-state index in [4.69, 9.17) is 4.74 Å². The summed E-state index contributed by atoms with van der Waals surface area (Å²) in [4.78, 5) is 0. The molecular weight excluding hydrogens is 208 g/mol. The fraction of sp³-hybridized carbons (Fsp3) is 0.500. The minimum atomic E-state index is 0.400. The number of hydrogen-bond donors (Lipinski definition) is 1. The number of rotatable bonds is 4. The van der Waals surface area contributed by atoms with Gasteiger partial charge in [0.25, 0.3) is 0 Å². The molecule has 3 heteroatoms. The normalized spacial score (nSPS) is 9.27. The molecule has 0 aliphatic carbocycles. The second-order valence-electron chi connectivity index (χ2n) is 2.84. The summed E-state index contributed by atoms with van der Waals surface area (Å²) in [6, 6.07) is 7.42. The van der Waals surface area contributed by atoms with Crippen LogP contribution in [0, 0.1) is 0 Å². The number of benzene rings is 1. The Hall–Kier alpha value is -0.670. The van der Waals surface area contributed by atoms with Gasteiger partial charge in [0.1, 0.15) is 5.75 Å². The van der Waals surface area contributed by atoms with Crippen molar-refractivity contribution in [1.29, 1.82) is 0 Å². The van der Waals surface area contributed by atoms with Crippen LogP contribution in [0.1, 0.15) is 19.4 Å². The number of phenolic OH excluding ortho intramolecular Hbond substituents is 1. The van der Waals surface area contributed by atoms with Crippen LogP contribution in [0.3, 0.4) is 0 Å². The van der Waals surface area contributed by atoms with Crippen LogP contribution in [0.5, 0.6) is 5.75 Å². The predicted molar refractivity (Wildman–Crippen MR) is 67.5 cm³/mol. The van der Waals surface area contributed by atoms with Crippen molar-refractivity contribution >= 4 is 11.8 Å². The Bertz CT molecular complexity index is 249. The average molecular weight is 228 g/mol. The topological polar surface area (TPSA) is 29.5 Å². The van der Waals surface area contributed by atoms with E-state index in [1.165, 1.54) is 0 Å². The highest BCUT2D eigenvalue weighted by molar-refractivity contribution is 7.97. The molecule has 0 radical (unpaired) electrons. The zero-order chi connectivity index (χ0) is 11.5. The Morgan fingerprint density at radius 1 is 1.20 bits per heavy atom. The first kappa shape index (κ1) is 14.3. The molecule has 1 aromatic rings. The summed E-state index contributed by atoms with van der Waals surface area (Å²) in [5.74, 6) is 1.28. The van der Waals surface area contributed by atoms with Crippen LogP contribution in [-0.4, -0.2) is 24.6 Å². The minimum absolute atomic E-state index is 0.400. The highest BCUT2D eigenvalue weighted by Crippen LogP contribution is 2.19. The van der Waals surface area contributed by atoms with Gasteiger partial charge in [-0.3, -0.25) is 0 Å². The third-order valence-electron chi connectivity index (χ3n) is 1.70. The number of para-hydroxylation sites is 1. The largest absolute Gasteiger partial charge is 0.508 e. The molecule has 0 aliphatic rings. The summed E-state index contributed by atoms with van der Waals surface area (Å²) in [5.41, 5.74) is 1.01. The highest BCUT2D eigenvalue weighted by Gasteiger charge is 1.95. The third kappa shape index (κ3) is 7.28. The van der Waals surface area contributed by atoms with Gasteiger partial charge in [-0.2, -0.15) is 11.8 Å². The number of aromatic hydroxyl groups is 1. The van der Waals surface area contributed by atoms with E-state index in [2.05, 4.69) is 0 Å². The van der Waals surface area contributed by atoms with Gasteiger partial charge in [0.15, 0.2) is 0 Å². The molecule has 1 aromatic carbocycles. The SMILES string of the molecule is CCOCC.CSCc1ccccc1O. The maximum Gasteiger partial charge on any atom is 0.119 e. The molecule has 0 heterocycles. The zero-order valence-corrected chi connectivity index (χ0v) is 10.5. The lowest BCUT2D eigenvalue weighted by Crippen LogP contribution is -1.84. The first-order valence-corrected chi connectivity index (χ1v) is 6.49. The van der Waals surface area contributed by atoms with Gasteiger partial charge in [0.05, 0.1) is 0 Å². The van der Waals surface area contributed by atoms with Crippen molar-refractivity contribution < 1.29 is 9.84 Å². The number of hydrogen-bond acceptors (Lipinski definition) is 3. The molecule has 1 rings (SSSR count). The summed E-state index contributed by atoms with van der Waals surface area (Å²) < 4.78 is 4.83. The molecule has 1 N–H and O–H groups in total. The van der Waals surface area contributed by atoms with E-state index in [-0.39, 0.29) is 0 Å². The summed E-state index contributed by atoms with van der Waals surface area (Å²) in [5, 5.41) is 9.23. The van der Waals surface area contributed by atoms with Crippen molar-refractivity contribution in [3.05, 3.63) is 29.8 Å². The summed E-state index contributed by atoms with van der Waals surface area (Å²) >= 11 is 1.71. The highest BCUT2D eigenvalue weighted by atomic mass is 32.2. The molecule has 2 nitrogen and oxygen atoms in total. The van der Waals surface area contributed by atoms with Crippen LogP contribution < -0.4 is 0 Å². The first-order chi connectivity index (χ1) is 7.26. The Morgan fingerprint density at radius 3 is 2.20 bits per heavy atom. The molecular formula is C12H20O2S. The second-order valence-corrected chi connectivity index (χ2v) is 3.71. The fourth-order valence-corrected chi connectivity index (χ4v) is 1.55. The van der Waals surface area contributed by atoms with Crippen LogP contribution >= 0.6 is 11.8 Å². The molecule has 0 fully saturated rings. The third-order valence-corrected chi connectivity index (χ3v) is 2.30. The summed E-state index contributed by atoms with van der Waals surface area (Å²) in [7, 11) is 0. The fourth-order valence-electron chi connectivity index (χ4n) is 0.993. The van der Waals surface area contributed by atoms with Crippen LogP contribution in [-0.2, 0) is 10.5 Å². The van der Waals surface area contributed by atoms with Crippen molar-refractivity contribution in [1.82, 2.24) is 0 Å². The van der Waals surface area contributed by atoms with E-state index < -0.39 is 0 Å². The smallest absolute Gasteiger partial charge is 0.119 e. The van der Waals surface area contributed by atoms with E-state index in [0.29, 0.717) is 5.75 Å². The number of ether oxygens (including phenoxy) is 1.